The lowest BCUT2D eigenvalue weighted by Crippen LogP contribution is -2.49. The minimum absolute atomic E-state index is 0.173. The van der Waals surface area contributed by atoms with Gasteiger partial charge >= 0.3 is 0 Å². The molecule has 1 aromatic heterocycles. The molecule has 128 valence electrons. The average molecular weight is 353 g/mol. The van der Waals surface area contributed by atoms with Crippen LogP contribution < -0.4 is 4.90 Å². The van der Waals surface area contributed by atoms with Crippen molar-refractivity contribution in [2.45, 2.75) is 5.75 Å². The number of hydrogen-bond donors (Lipinski definition) is 0. The van der Waals surface area contributed by atoms with Crippen molar-refractivity contribution >= 4 is 23.6 Å². The van der Waals surface area contributed by atoms with Crippen LogP contribution in [-0.4, -0.2) is 52.7 Å². The largest absolute Gasteiger partial charge is 0.338 e. The standard InChI is InChI=1S/C18H19N5OS/c19-12-15-2-4-16(5-3-15)13-25-14-17(24)22-8-10-23(11-9-22)18-20-6-1-7-21-18/h1-7H,8-11,13-14H2. The van der Waals surface area contributed by atoms with Crippen molar-refractivity contribution in [3.63, 3.8) is 0 Å². The first-order valence-electron chi connectivity index (χ1n) is 8.13. The van der Waals surface area contributed by atoms with E-state index in [1.54, 1.807) is 30.2 Å². The number of hydrogen-bond acceptors (Lipinski definition) is 6. The number of rotatable bonds is 5. The molecule has 0 unspecified atom stereocenters. The van der Waals surface area contributed by atoms with Gasteiger partial charge in [0, 0.05) is 44.3 Å². The van der Waals surface area contributed by atoms with Crippen LogP contribution in [0.1, 0.15) is 11.1 Å². The van der Waals surface area contributed by atoms with Gasteiger partial charge in [0.1, 0.15) is 0 Å². The first-order chi connectivity index (χ1) is 12.3. The van der Waals surface area contributed by atoms with Crippen LogP contribution in [0.3, 0.4) is 0 Å². The molecule has 0 saturated carbocycles. The quantitative estimate of drug-likeness (QED) is 0.818. The molecule has 3 rings (SSSR count). The molecule has 0 radical (unpaired) electrons. The van der Waals surface area contributed by atoms with Gasteiger partial charge < -0.3 is 9.80 Å². The number of anilines is 1. The Kier molecular flexibility index (Phi) is 5.86. The molecule has 25 heavy (non-hydrogen) atoms. The average Bonchev–Trinajstić information content (AvgIpc) is 2.69. The maximum absolute atomic E-state index is 12.3. The first kappa shape index (κ1) is 17.2. The van der Waals surface area contributed by atoms with Crippen molar-refractivity contribution in [2.24, 2.45) is 0 Å². The molecule has 0 aliphatic carbocycles. The van der Waals surface area contributed by atoms with Gasteiger partial charge in [-0.3, -0.25) is 4.79 Å². The summed E-state index contributed by atoms with van der Waals surface area (Å²) < 4.78 is 0. The number of piperazine rings is 1. The zero-order valence-electron chi connectivity index (χ0n) is 13.8. The lowest BCUT2D eigenvalue weighted by atomic mass is 10.2. The number of carbonyl (C=O) groups excluding carboxylic acids is 1. The van der Waals surface area contributed by atoms with Crippen LogP contribution in [-0.2, 0) is 10.5 Å². The van der Waals surface area contributed by atoms with Gasteiger partial charge in [0.15, 0.2) is 0 Å². The lowest BCUT2D eigenvalue weighted by Gasteiger charge is -2.34. The predicted molar refractivity (Wildman–Crippen MR) is 98.1 cm³/mol. The molecule has 7 heteroatoms. The van der Waals surface area contributed by atoms with E-state index in [0.29, 0.717) is 24.4 Å². The van der Waals surface area contributed by atoms with Gasteiger partial charge in [-0.15, -0.1) is 11.8 Å². The minimum atomic E-state index is 0.173. The van der Waals surface area contributed by atoms with Gasteiger partial charge in [0.25, 0.3) is 0 Å². The molecule has 2 aromatic rings. The van der Waals surface area contributed by atoms with Crippen molar-refractivity contribution in [3.8, 4) is 6.07 Å². The molecule has 1 amide bonds. The van der Waals surface area contributed by atoms with E-state index in [2.05, 4.69) is 20.9 Å². The van der Waals surface area contributed by atoms with Gasteiger partial charge in [-0.05, 0) is 23.8 Å². The fraction of sp³-hybridized carbons (Fsp3) is 0.333. The molecule has 1 aliphatic heterocycles. The summed E-state index contributed by atoms with van der Waals surface area (Å²) in [6, 6.07) is 11.4. The topological polar surface area (TPSA) is 73.1 Å². The van der Waals surface area contributed by atoms with E-state index in [1.165, 1.54) is 0 Å². The number of amides is 1. The van der Waals surface area contributed by atoms with Crippen LogP contribution in [0.15, 0.2) is 42.7 Å². The van der Waals surface area contributed by atoms with E-state index in [9.17, 15) is 4.79 Å². The van der Waals surface area contributed by atoms with Gasteiger partial charge in [-0.1, -0.05) is 12.1 Å². The van der Waals surface area contributed by atoms with Crippen molar-refractivity contribution in [3.05, 3.63) is 53.9 Å². The monoisotopic (exact) mass is 353 g/mol. The van der Waals surface area contributed by atoms with E-state index < -0.39 is 0 Å². The van der Waals surface area contributed by atoms with E-state index >= 15 is 0 Å². The van der Waals surface area contributed by atoms with Crippen LogP contribution in [0.4, 0.5) is 5.95 Å². The van der Waals surface area contributed by atoms with Crippen molar-refractivity contribution in [2.75, 3.05) is 36.8 Å². The van der Waals surface area contributed by atoms with Crippen LogP contribution in [0.25, 0.3) is 0 Å². The number of nitrogens with zero attached hydrogens (tertiary/aromatic N) is 5. The van der Waals surface area contributed by atoms with Crippen LogP contribution in [0.2, 0.25) is 0 Å². The molecule has 6 nitrogen and oxygen atoms in total. The molecule has 1 fully saturated rings. The smallest absolute Gasteiger partial charge is 0.232 e. The lowest BCUT2D eigenvalue weighted by molar-refractivity contribution is -0.128. The Morgan fingerprint density at radius 1 is 1.12 bits per heavy atom. The Morgan fingerprint density at radius 2 is 1.80 bits per heavy atom. The van der Waals surface area contributed by atoms with Gasteiger partial charge in [0.05, 0.1) is 17.4 Å². The number of nitriles is 1. The highest BCUT2D eigenvalue weighted by atomic mass is 32.2. The van der Waals surface area contributed by atoms with Gasteiger partial charge in [0.2, 0.25) is 11.9 Å². The Labute approximate surface area is 151 Å². The predicted octanol–water partition coefficient (Wildman–Crippen LogP) is 1.93. The maximum Gasteiger partial charge on any atom is 0.232 e. The fourth-order valence-corrected chi connectivity index (χ4v) is 3.52. The summed E-state index contributed by atoms with van der Waals surface area (Å²) in [6.45, 7) is 2.93. The SMILES string of the molecule is N#Cc1ccc(CSCC(=O)N2CCN(c3ncccn3)CC2)cc1. The summed E-state index contributed by atoms with van der Waals surface area (Å²) in [5.74, 6) is 2.15. The number of thioether (sulfide) groups is 1. The Hall–Kier alpha value is -2.59. The maximum atomic E-state index is 12.3. The van der Waals surface area contributed by atoms with Crippen LogP contribution in [0, 0.1) is 11.3 Å². The van der Waals surface area contributed by atoms with Crippen molar-refractivity contribution in [1.82, 2.24) is 14.9 Å². The second-order valence-electron chi connectivity index (χ2n) is 5.72. The van der Waals surface area contributed by atoms with Crippen LogP contribution in [0.5, 0.6) is 0 Å². The third-order valence-corrected chi connectivity index (χ3v) is 5.03. The van der Waals surface area contributed by atoms with Crippen molar-refractivity contribution in [1.29, 1.82) is 5.26 Å². The summed E-state index contributed by atoms with van der Waals surface area (Å²) in [6.07, 6.45) is 3.47. The second kappa shape index (κ2) is 8.49. The zero-order chi connectivity index (χ0) is 17.5. The Morgan fingerprint density at radius 3 is 2.44 bits per heavy atom. The first-order valence-corrected chi connectivity index (χ1v) is 9.28. The van der Waals surface area contributed by atoms with Gasteiger partial charge in [-0.2, -0.15) is 5.26 Å². The summed E-state index contributed by atoms with van der Waals surface area (Å²) in [5.41, 5.74) is 1.79. The van der Waals surface area contributed by atoms with E-state index in [4.69, 9.17) is 5.26 Å². The summed E-state index contributed by atoms with van der Waals surface area (Å²) in [7, 11) is 0. The highest BCUT2D eigenvalue weighted by Crippen LogP contribution is 2.15. The molecule has 1 saturated heterocycles. The fourth-order valence-electron chi connectivity index (χ4n) is 2.63. The Balaban J connectivity index is 1.41. The summed E-state index contributed by atoms with van der Waals surface area (Å²) in [4.78, 5) is 24.9. The molecular formula is C18H19N5OS. The number of benzene rings is 1. The van der Waals surface area contributed by atoms with E-state index in [-0.39, 0.29) is 5.91 Å². The highest BCUT2D eigenvalue weighted by Gasteiger charge is 2.22. The number of aromatic nitrogens is 2. The molecule has 2 heterocycles. The second-order valence-corrected chi connectivity index (χ2v) is 6.70. The third kappa shape index (κ3) is 4.70. The van der Waals surface area contributed by atoms with E-state index in [1.807, 2.05) is 29.2 Å². The van der Waals surface area contributed by atoms with Crippen LogP contribution >= 0.6 is 11.8 Å². The van der Waals surface area contributed by atoms with Gasteiger partial charge in [-0.25, -0.2) is 9.97 Å². The highest BCUT2D eigenvalue weighted by molar-refractivity contribution is 7.99. The van der Waals surface area contributed by atoms with E-state index in [0.717, 1.165) is 30.4 Å². The molecule has 0 atom stereocenters. The molecule has 1 aliphatic rings. The third-order valence-electron chi connectivity index (χ3n) is 4.04. The molecule has 0 bridgehead atoms. The molecule has 0 N–H and O–H groups in total. The molecule has 0 spiro atoms. The molecular weight excluding hydrogens is 334 g/mol. The zero-order valence-corrected chi connectivity index (χ0v) is 14.7. The summed E-state index contributed by atoms with van der Waals surface area (Å²) in [5, 5.41) is 8.80. The molecule has 1 aromatic carbocycles. The van der Waals surface area contributed by atoms with Crippen molar-refractivity contribution < 1.29 is 4.79 Å². The Bertz CT molecular complexity index is 736. The minimum Gasteiger partial charge on any atom is -0.338 e. The normalized spacial score (nSPS) is 14.2. The summed E-state index contributed by atoms with van der Waals surface area (Å²) >= 11 is 1.61. The number of carbonyl (C=O) groups is 1.